The maximum absolute atomic E-state index is 12.7. The minimum absolute atomic E-state index is 0.234. The zero-order chi connectivity index (χ0) is 22.5. The van der Waals surface area contributed by atoms with Crippen molar-refractivity contribution in [2.75, 3.05) is 46.4 Å². The van der Waals surface area contributed by atoms with E-state index < -0.39 is 11.2 Å². The number of carbonyl (C=O) groups excluding carboxylic acids is 1. The van der Waals surface area contributed by atoms with E-state index in [1.807, 2.05) is 24.3 Å². The van der Waals surface area contributed by atoms with E-state index in [2.05, 4.69) is 9.88 Å². The summed E-state index contributed by atoms with van der Waals surface area (Å²) in [6.07, 6.45) is 0. The van der Waals surface area contributed by atoms with Gasteiger partial charge in [0.2, 0.25) is 5.91 Å². The molecule has 0 saturated carbocycles. The minimum atomic E-state index is -0.573. The molecule has 1 aliphatic rings. The predicted molar refractivity (Wildman–Crippen MR) is 120 cm³/mol. The quantitative estimate of drug-likeness (QED) is 0.589. The summed E-state index contributed by atoms with van der Waals surface area (Å²) in [7, 11) is 1.62. The number of piperazine rings is 1. The Morgan fingerprint density at radius 2 is 1.66 bits per heavy atom. The molecule has 9 heteroatoms. The zero-order valence-electron chi connectivity index (χ0n) is 18.0. The number of methoxy groups -OCH3 is 1. The number of aromatic nitrogens is 2. The molecule has 0 spiro atoms. The number of amides is 1. The summed E-state index contributed by atoms with van der Waals surface area (Å²) in [4.78, 5) is 44.2. The average Bonchev–Trinajstić information content (AvgIpc) is 2.82. The Hall–Kier alpha value is -3.59. The average molecular weight is 438 g/mol. The number of aromatic amines is 1. The molecular formula is C23H26N4O5. The standard InChI is InChI=1S/C23H26N4O5/c1-31-17-6-8-18(9-7-17)32-15-14-25-10-12-26(13-11-25)21(28)16-27-22(29)19-4-2-3-5-20(19)24-23(27)30/h2-9H,10-16H2,1H3,(H,24,30). The van der Waals surface area contributed by atoms with Crippen molar-refractivity contribution in [2.24, 2.45) is 0 Å². The van der Waals surface area contributed by atoms with Crippen LogP contribution in [0, 0.1) is 0 Å². The molecule has 0 unspecified atom stereocenters. The van der Waals surface area contributed by atoms with Crippen molar-refractivity contribution in [3.05, 3.63) is 69.4 Å². The second-order valence-corrected chi connectivity index (χ2v) is 7.61. The molecular weight excluding hydrogens is 412 g/mol. The van der Waals surface area contributed by atoms with Gasteiger partial charge in [0.1, 0.15) is 24.7 Å². The van der Waals surface area contributed by atoms with E-state index in [0.29, 0.717) is 43.7 Å². The molecule has 0 radical (unpaired) electrons. The Balaban J connectivity index is 1.28. The molecule has 1 amide bonds. The molecule has 2 heterocycles. The van der Waals surface area contributed by atoms with Crippen LogP contribution in [0.25, 0.3) is 10.9 Å². The summed E-state index contributed by atoms with van der Waals surface area (Å²) in [6.45, 7) is 3.53. The van der Waals surface area contributed by atoms with Crippen molar-refractivity contribution in [1.29, 1.82) is 0 Å². The van der Waals surface area contributed by atoms with Crippen molar-refractivity contribution in [3.8, 4) is 11.5 Å². The molecule has 1 saturated heterocycles. The number of H-pyrrole nitrogens is 1. The van der Waals surface area contributed by atoms with Gasteiger partial charge in [-0.2, -0.15) is 0 Å². The van der Waals surface area contributed by atoms with Gasteiger partial charge in [-0.1, -0.05) is 12.1 Å². The fourth-order valence-corrected chi connectivity index (χ4v) is 3.76. The summed E-state index contributed by atoms with van der Waals surface area (Å²) in [5.41, 5.74) is -0.556. The van der Waals surface area contributed by atoms with Crippen molar-refractivity contribution in [2.45, 2.75) is 6.54 Å². The highest BCUT2D eigenvalue weighted by atomic mass is 16.5. The largest absolute Gasteiger partial charge is 0.497 e. The Morgan fingerprint density at radius 1 is 0.969 bits per heavy atom. The Labute approximate surface area is 184 Å². The van der Waals surface area contributed by atoms with E-state index in [-0.39, 0.29) is 12.5 Å². The highest BCUT2D eigenvalue weighted by Gasteiger charge is 2.22. The summed E-state index contributed by atoms with van der Waals surface area (Å²) < 4.78 is 11.9. The van der Waals surface area contributed by atoms with Gasteiger partial charge in [0, 0.05) is 32.7 Å². The van der Waals surface area contributed by atoms with E-state index in [9.17, 15) is 14.4 Å². The van der Waals surface area contributed by atoms with Crippen molar-refractivity contribution in [3.63, 3.8) is 0 Å². The second kappa shape index (κ2) is 9.69. The van der Waals surface area contributed by atoms with Gasteiger partial charge in [0.15, 0.2) is 0 Å². The van der Waals surface area contributed by atoms with Crippen LogP contribution in [0.5, 0.6) is 11.5 Å². The Bertz CT molecular complexity index is 1190. The second-order valence-electron chi connectivity index (χ2n) is 7.61. The van der Waals surface area contributed by atoms with Crippen LogP contribution in [0.3, 0.4) is 0 Å². The highest BCUT2D eigenvalue weighted by Crippen LogP contribution is 2.17. The monoisotopic (exact) mass is 438 g/mol. The highest BCUT2D eigenvalue weighted by molar-refractivity contribution is 5.79. The van der Waals surface area contributed by atoms with Gasteiger partial charge in [-0.25, -0.2) is 4.79 Å². The van der Waals surface area contributed by atoms with Crippen LogP contribution in [-0.2, 0) is 11.3 Å². The van der Waals surface area contributed by atoms with E-state index in [4.69, 9.17) is 9.47 Å². The Kier molecular flexibility index (Phi) is 6.55. The van der Waals surface area contributed by atoms with E-state index in [0.717, 1.165) is 22.6 Å². The van der Waals surface area contributed by atoms with Crippen LogP contribution >= 0.6 is 0 Å². The van der Waals surface area contributed by atoms with E-state index in [1.165, 1.54) is 0 Å². The third-order valence-electron chi connectivity index (χ3n) is 5.64. The van der Waals surface area contributed by atoms with Gasteiger partial charge in [0.25, 0.3) is 5.56 Å². The van der Waals surface area contributed by atoms with Crippen LogP contribution < -0.4 is 20.7 Å². The molecule has 2 aromatic carbocycles. The summed E-state index contributed by atoms with van der Waals surface area (Å²) in [6, 6.07) is 14.2. The number of hydrogen-bond acceptors (Lipinski definition) is 6. The first-order valence-electron chi connectivity index (χ1n) is 10.5. The van der Waals surface area contributed by atoms with E-state index >= 15 is 0 Å². The molecule has 32 heavy (non-hydrogen) atoms. The fraction of sp³-hybridized carbons (Fsp3) is 0.348. The third-order valence-corrected chi connectivity index (χ3v) is 5.64. The van der Waals surface area contributed by atoms with Crippen LogP contribution in [0.1, 0.15) is 0 Å². The van der Waals surface area contributed by atoms with Crippen molar-refractivity contribution >= 4 is 16.8 Å². The normalized spacial score (nSPS) is 14.5. The number of fused-ring (bicyclic) bond motifs is 1. The van der Waals surface area contributed by atoms with Crippen LogP contribution in [0.2, 0.25) is 0 Å². The summed E-state index contributed by atoms with van der Waals surface area (Å²) in [5, 5.41) is 0.390. The molecule has 4 rings (SSSR count). The first-order valence-corrected chi connectivity index (χ1v) is 10.5. The van der Waals surface area contributed by atoms with Crippen LogP contribution in [0.4, 0.5) is 0 Å². The lowest BCUT2D eigenvalue weighted by molar-refractivity contribution is -0.133. The number of benzene rings is 2. The molecule has 1 aromatic heterocycles. The lowest BCUT2D eigenvalue weighted by Crippen LogP contribution is -2.51. The van der Waals surface area contributed by atoms with Gasteiger partial charge in [-0.05, 0) is 36.4 Å². The first kappa shape index (κ1) is 21.6. The topological polar surface area (TPSA) is 96.9 Å². The molecule has 0 aliphatic carbocycles. The number of carbonyl (C=O) groups is 1. The predicted octanol–water partition coefficient (Wildman–Crippen LogP) is 0.922. The minimum Gasteiger partial charge on any atom is -0.497 e. The first-order chi connectivity index (χ1) is 15.5. The summed E-state index contributed by atoms with van der Waals surface area (Å²) in [5.74, 6) is 1.33. The lowest BCUT2D eigenvalue weighted by atomic mass is 10.2. The number of rotatable bonds is 7. The van der Waals surface area contributed by atoms with Crippen molar-refractivity contribution in [1.82, 2.24) is 19.4 Å². The number of ether oxygens (including phenoxy) is 2. The van der Waals surface area contributed by atoms with Gasteiger partial charge in [0.05, 0.1) is 18.0 Å². The number of para-hydroxylation sites is 1. The Morgan fingerprint density at radius 3 is 2.38 bits per heavy atom. The molecule has 1 aliphatic heterocycles. The number of hydrogen-bond donors (Lipinski definition) is 1. The molecule has 0 bridgehead atoms. The molecule has 9 nitrogen and oxygen atoms in total. The zero-order valence-corrected chi connectivity index (χ0v) is 18.0. The molecule has 1 N–H and O–H groups in total. The number of nitrogens with one attached hydrogen (secondary N) is 1. The maximum Gasteiger partial charge on any atom is 0.329 e. The van der Waals surface area contributed by atoms with E-state index in [1.54, 1.807) is 36.3 Å². The van der Waals surface area contributed by atoms with Gasteiger partial charge >= 0.3 is 5.69 Å². The molecule has 3 aromatic rings. The van der Waals surface area contributed by atoms with Crippen molar-refractivity contribution < 1.29 is 14.3 Å². The molecule has 0 atom stereocenters. The summed E-state index contributed by atoms with van der Waals surface area (Å²) >= 11 is 0. The van der Waals surface area contributed by atoms with Crippen LogP contribution in [-0.4, -0.2) is 71.7 Å². The fourth-order valence-electron chi connectivity index (χ4n) is 3.76. The smallest absolute Gasteiger partial charge is 0.329 e. The van der Waals surface area contributed by atoms with Gasteiger partial charge in [-0.3, -0.25) is 19.1 Å². The number of nitrogens with zero attached hydrogens (tertiary/aromatic N) is 3. The SMILES string of the molecule is COc1ccc(OCCN2CCN(C(=O)Cn3c(=O)[nH]c4ccccc4c3=O)CC2)cc1. The van der Waals surface area contributed by atoms with Gasteiger partial charge < -0.3 is 19.4 Å². The maximum atomic E-state index is 12.7. The molecule has 1 fully saturated rings. The van der Waals surface area contributed by atoms with Crippen LogP contribution in [0.15, 0.2) is 58.1 Å². The molecule has 168 valence electrons. The third kappa shape index (κ3) is 4.83. The van der Waals surface area contributed by atoms with Gasteiger partial charge in [-0.15, -0.1) is 0 Å². The lowest BCUT2D eigenvalue weighted by Gasteiger charge is -2.34.